The van der Waals surface area contributed by atoms with E-state index in [4.69, 9.17) is 15.3 Å². The Labute approximate surface area is 118 Å². The van der Waals surface area contributed by atoms with Crippen molar-refractivity contribution in [3.63, 3.8) is 0 Å². The standard InChI is InChI=1S/C12H22N6O2/c1-3-7-20-12-16-10(15-11(17-12)18-13)14-8-5-4-6-9(8)19-2/h8-9H,3-7,13H2,1-2H3,(H2,14,15,16,17,18). The van der Waals surface area contributed by atoms with Crippen molar-refractivity contribution in [3.8, 4) is 6.01 Å². The highest BCUT2D eigenvalue weighted by Crippen LogP contribution is 2.24. The van der Waals surface area contributed by atoms with Gasteiger partial charge in [-0.25, -0.2) is 5.84 Å². The Hall–Kier alpha value is -1.67. The fourth-order valence-corrected chi connectivity index (χ4v) is 2.28. The summed E-state index contributed by atoms with van der Waals surface area (Å²) in [5.74, 6) is 6.10. The molecule has 112 valence electrons. The molecule has 0 aromatic carbocycles. The number of aromatic nitrogens is 3. The fourth-order valence-electron chi connectivity index (χ4n) is 2.28. The maximum absolute atomic E-state index is 5.44. The topological polar surface area (TPSA) is 107 Å². The minimum atomic E-state index is 0.182. The molecule has 8 heteroatoms. The average Bonchev–Trinajstić information content (AvgIpc) is 2.92. The second-order valence-corrected chi connectivity index (χ2v) is 4.71. The van der Waals surface area contributed by atoms with E-state index in [-0.39, 0.29) is 24.1 Å². The van der Waals surface area contributed by atoms with Crippen molar-refractivity contribution in [2.24, 2.45) is 5.84 Å². The van der Waals surface area contributed by atoms with Gasteiger partial charge in [-0.2, -0.15) is 15.0 Å². The van der Waals surface area contributed by atoms with E-state index in [0.717, 1.165) is 25.7 Å². The van der Waals surface area contributed by atoms with Crippen LogP contribution in [0.1, 0.15) is 32.6 Å². The first kappa shape index (κ1) is 14.7. The van der Waals surface area contributed by atoms with E-state index in [9.17, 15) is 0 Å². The fraction of sp³-hybridized carbons (Fsp3) is 0.750. The Morgan fingerprint density at radius 3 is 2.75 bits per heavy atom. The van der Waals surface area contributed by atoms with E-state index in [1.54, 1.807) is 7.11 Å². The quantitative estimate of drug-likeness (QED) is 0.500. The molecule has 0 spiro atoms. The minimum absolute atomic E-state index is 0.182. The number of hydrogen-bond donors (Lipinski definition) is 3. The van der Waals surface area contributed by atoms with Gasteiger partial charge in [0, 0.05) is 7.11 Å². The van der Waals surface area contributed by atoms with E-state index < -0.39 is 0 Å². The predicted molar refractivity (Wildman–Crippen MR) is 75.5 cm³/mol. The first-order valence-corrected chi connectivity index (χ1v) is 6.91. The first-order valence-electron chi connectivity index (χ1n) is 6.91. The maximum Gasteiger partial charge on any atom is 0.323 e. The molecular weight excluding hydrogens is 260 g/mol. The molecule has 1 aromatic rings. The van der Waals surface area contributed by atoms with Crippen molar-refractivity contribution in [2.75, 3.05) is 24.5 Å². The largest absolute Gasteiger partial charge is 0.463 e. The van der Waals surface area contributed by atoms with Crippen LogP contribution in [0.2, 0.25) is 0 Å². The van der Waals surface area contributed by atoms with Gasteiger partial charge in [0.1, 0.15) is 0 Å². The Bertz CT molecular complexity index is 430. The maximum atomic E-state index is 5.44. The lowest BCUT2D eigenvalue weighted by Gasteiger charge is -2.19. The summed E-state index contributed by atoms with van der Waals surface area (Å²) in [6.45, 7) is 2.57. The van der Waals surface area contributed by atoms with Crippen molar-refractivity contribution in [1.82, 2.24) is 15.0 Å². The SMILES string of the molecule is CCCOc1nc(NN)nc(NC2CCCC2OC)n1. The lowest BCUT2D eigenvalue weighted by Crippen LogP contribution is -2.31. The van der Waals surface area contributed by atoms with Crippen LogP contribution in [0.5, 0.6) is 6.01 Å². The van der Waals surface area contributed by atoms with Gasteiger partial charge >= 0.3 is 6.01 Å². The summed E-state index contributed by atoms with van der Waals surface area (Å²) < 4.78 is 10.9. The average molecular weight is 282 g/mol. The Morgan fingerprint density at radius 2 is 2.05 bits per heavy atom. The number of nitrogens with zero attached hydrogens (tertiary/aromatic N) is 3. The summed E-state index contributed by atoms with van der Waals surface area (Å²) in [6.07, 6.45) is 4.26. The summed E-state index contributed by atoms with van der Waals surface area (Å²) in [6, 6.07) is 0.469. The number of hydrazine groups is 1. The molecule has 1 heterocycles. The molecule has 1 aliphatic rings. The summed E-state index contributed by atoms with van der Waals surface area (Å²) in [5, 5.41) is 3.27. The van der Waals surface area contributed by atoms with Crippen molar-refractivity contribution in [2.45, 2.75) is 44.8 Å². The molecule has 2 unspecified atom stereocenters. The number of rotatable bonds is 7. The van der Waals surface area contributed by atoms with Crippen molar-refractivity contribution in [1.29, 1.82) is 0 Å². The summed E-state index contributed by atoms with van der Waals surface area (Å²) in [5.41, 5.74) is 2.42. The normalized spacial score (nSPS) is 21.8. The third kappa shape index (κ3) is 3.67. The highest BCUT2D eigenvalue weighted by atomic mass is 16.5. The molecule has 1 saturated carbocycles. The van der Waals surface area contributed by atoms with Gasteiger partial charge in [0.05, 0.1) is 18.8 Å². The van der Waals surface area contributed by atoms with Crippen LogP contribution < -0.4 is 21.3 Å². The summed E-state index contributed by atoms with van der Waals surface area (Å²) in [4.78, 5) is 12.5. The molecule has 0 radical (unpaired) electrons. The molecule has 0 amide bonds. The van der Waals surface area contributed by atoms with Crippen molar-refractivity contribution >= 4 is 11.9 Å². The third-order valence-electron chi connectivity index (χ3n) is 3.25. The van der Waals surface area contributed by atoms with Gasteiger partial charge in [-0.05, 0) is 25.7 Å². The first-order chi connectivity index (χ1) is 9.76. The lowest BCUT2D eigenvalue weighted by atomic mass is 10.2. The minimum Gasteiger partial charge on any atom is -0.463 e. The van der Waals surface area contributed by atoms with Gasteiger partial charge in [-0.3, -0.25) is 5.43 Å². The molecule has 8 nitrogen and oxygen atoms in total. The smallest absolute Gasteiger partial charge is 0.323 e. The number of nitrogens with one attached hydrogen (secondary N) is 2. The van der Waals surface area contributed by atoms with E-state index in [1.165, 1.54) is 0 Å². The van der Waals surface area contributed by atoms with Crippen LogP contribution in [0.4, 0.5) is 11.9 Å². The zero-order chi connectivity index (χ0) is 14.4. The molecule has 1 fully saturated rings. The van der Waals surface area contributed by atoms with Crippen LogP contribution in [-0.2, 0) is 4.74 Å². The molecule has 0 bridgehead atoms. The number of nitrogen functional groups attached to an aromatic ring is 1. The zero-order valence-corrected chi connectivity index (χ0v) is 11.9. The lowest BCUT2D eigenvalue weighted by molar-refractivity contribution is 0.101. The van der Waals surface area contributed by atoms with Crippen LogP contribution in [0.3, 0.4) is 0 Å². The number of ether oxygens (including phenoxy) is 2. The number of hydrogen-bond acceptors (Lipinski definition) is 8. The third-order valence-corrected chi connectivity index (χ3v) is 3.25. The Balaban J connectivity index is 2.09. The molecule has 20 heavy (non-hydrogen) atoms. The summed E-state index contributed by atoms with van der Waals surface area (Å²) in [7, 11) is 1.72. The van der Waals surface area contributed by atoms with E-state index >= 15 is 0 Å². The van der Waals surface area contributed by atoms with Crippen LogP contribution >= 0.6 is 0 Å². The van der Waals surface area contributed by atoms with Crippen molar-refractivity contribution in [3.05, 3.63) is 0 Å². The molecule has 4 N–H and O–H groups in total. The number of anilines is 2. The van der Waals surface area contributed by atoms with Crippen LogP contribution in [0, 0.1) is 0 Å². The van der Waals surface area contributed by atoms with E-state index in [0.29, 0.717) is 12.6 Å². The zero-order valence-electron chi connectivity index (χ0n) is 11.9. The molecular formula is C12H22N6O2. The van der Waals surface area contributed by atoms with E-state index in [1.807, 2.05) is 6.92 Å². The highest BCUT2D eigenvalue weighted by molar-refractivity contribution is 5.36. The van der Waals surface area contributed by atoms with Gasteiger partial charge in [-0.15, -0.1) is 0 Å². The molecule has 0 saturated heterocycles. The molecule has 2 rings (SSSR count). The number of methoxy groups -OCH3 is 1. The molecule has 2 atom stereocenters. The van der Waals surface area contributed by atoms with Crippen LogP contribution in [0.15, 0.2) is 0 Å². The second-order valence-electron chi connectivity index (χ2n) is 4.71. The highest BCUT2D eigenvalue weighted by Gasteiger charge is 2.27. The molecule has 1 aromatic heterocycles. The van der Waals surface area contributed by atoms with Gasteiger partial charge < -0.3 is 14.8 Å². The second kappa shape index (κ2) is 7.20. The van der Waals surface area contributed by atoms with Gasteiger partial charge in [-0.1, -0.05) is 6.92 Å². The van der Waals surface area contributed by atoms with Gasteiger partial charge in [0.25, 0.3) is 0 Å². The van der Waals surface area contributed by atoms with Gasteiger partial charge in [0.2, 0.25) is 11.9 Å². The summed E-state index contributed by atoms with van der Waals surface area (Å²) >= 11 is 0. The predicted octanol–water partition coefficient (Wildman–Crippen LogP) is 0.925. The van der Waals surface area contributed by atoms with Gasteiger partial charge in [0.15, 0.2) is 0 Å². The molecule has 0 aliphatic heterocycles. The van der Waals surface area contributed by atoms with Crippen LogP contribution in [-0.4, -0.2) is 40.8 Å². The van der Waals surface area contributed by atoms with Crippen LogP contribution in [0.25, 0.3) is 0 Å². The Morgan fingerprint density at radius 1 is 1.25 bits per heavy atom. The molecule has 1 aliphatic carbocycles. The Kier molecular flexibility index (Phi) is 5.31. The number of nitrogens with two attached hydrogens (primary N) is 1. The monoisotopic (exact) mass is 282 g/mol. The van der Waals surface area contributed by atoms with Crippen molar-refractivity contribution < 1.29 is 9.47 Å². The van der Waals surface area contributed by atoms with E-state index in [2.05, 4.69) is 25.7 Å².